The number of morpholine rings is 1. The van der Waals surface area contributed by atoms with Crippen molar-refractivity contribution in [1.82, 2.24) is 10.2 Å². The summed E-state index contributed by atoms with van der Waals surface area (Å²) < 4.78 is 18.8. The molecule has 110 valence electrons. The second-order valence-corrected chi connectivity index (χ2v) is 4.96. The van der Waals surface area contributed by atoms with Gasteiger partial charge in [0.05, 0.1) is 23.7 Å². The third-order valence-corrected chi connectivity index (χ3v) is 3.20. The Morgan fingerprint density at radius 1 is 1.55 bits per heavy atom. The van der Waals surface area contributed by atoms with Crippen LogP contribution in [0.2, 0.25) is 0 Å². The Kier molecular flexibility index (Phi) is 4.99. The molecule has 1 aliphatic heterocycles. The molecule has 0 saturated carbocycles. The van der Waals surface area contributed by atoms with Gasteiger partial charge in [-0.05, 0) is 18.7 Å². The Morgan fingerprint density at radius 2 is 2.35 bits per heavy atom. The van der Waals surface area contributed by atoms with Crippen molar-refractivity contribution >= 4 is 5.69 Å². The normalized spacial score (nSPS) is 20.0. The highest BCUT2D eigenvalue weighted by molar-refractivity contribution is 5.35. The van der Waals surface area contributed by atoms with E-state index in [2.05, 4.69) is 10.2 Å². The van der Waals surface area contributed by atoms with Gasteiger partial charge in [0, 0.05) is 32.2 Å². The standard InChI is InChI=1S/C13H18FN3O3/c1-16-2-3-20-13(9-16)8-15-7-10-4-11(14)6-12(5-10)17(18)19/h4-6,13,15H,2-3,7-9H2,1H3. The fraction of sp³-hybridized carbons (Fsp3) is 0.538. The number of nitrogens with one attached hydrogen (secondary N) is 1. The molecular weight excluding hydrogens is 265 g/mol. The maximum atomic E-state index is 13.3. The fourth-order valence-electron chi connectivity index (χ4n) is 2.21. The number of hydrogen-bond donors (Lipinski definition) is 1. The average molecular weight is 283 g/mol. The van der Waals surface area contributed by atoms with E-state index in [1.54, 1.807) is 0 Å². The molecule has 1 N–H and O–H groups in total. The molecule has 1 unspecified atom stereocenters. The van der Waals surface area contributed by atoms with E-state index in [1.165, 1.54) is 12.1 Å². The van der Waals surface area contributed by atoms with Gasteiger partial charge in [0.1, 0.15) is 5.82 Å². The van der Waals surface area contributed by atoms with E-state index in [1.807, 2.05) is 7.05 Å². The van der Waals surface area contributed by atoms with E-state index in [-0.39, 0.29) is 11.8 Å². The first-order valence-corrected chi connectivity index (χ1v) is 6.49. The van der Waals surface area contributed by atoms with Gasteiger partial charge in [-0.1, -0.05) is 0 Å². The average Bonchev–Trinajstić information content (AvgIpc) is 2.38. The molecular formula is C13H18FN3O3. The molecule has 1 heterocycles. The third-order valence-electron chi connectivity index (χ3n) is 3.20. The van der Waals surface area contributed by atoms with Crippen LogP contribution in [0.4, 0.5) is 10.1 Å². The summed E-state index contributed by atoms with van der Waals surface area (Å²) >= 11 is 0. The lowest BCUT2D eigenvalue weighted by Crippen LogP contribution is -2.44. The summed E-state index contributed by atoms with van der Waals surface area (Å²) in [7, 11) is 2.03. The first kappa shape index (κ1) is 14.8. The van der Waals surface area contributed by atoms with E-state index in [0.29, 0.717) is 25.3 Å². The molecule has 0 aromatic heterocycles. The van der Waals surface area contributed by atoms with E-state index in [0.717, 1.165) is 19.2 Å². The van der Waals surface area contributed by atoms with Crippen molar-refractivity contribution < 1.29 is 14.1 Å². The molecule has 0 bridgehead atoms. The molecule has 1 aromatic rings. The van der Waals surface area contributed by atoms with Crippen LogP contribution in [0, 0.1) is 15.9 Å². The lowest BCUT2D eigenvalue weighted by atomic mass is 10.2. The van der Waals surface area contributed by atoms with Crippen LogP contribution in [0.25, 0.3) is 0 Å². The molecule has 0 radical (unpaired) electrons. The summed E-state index contributed by atoms with van der Waals surface area (Å²) in [5.74, 6) is -0.593. The molecule has 7 heteroatoms. The summed E-state index contributed by atoms with van der Waals surface area (Å²) in [4.78, 5) is 12.2. The van der Waals surface area contributed by atoms with Crippen LogP contribution in [0.15, 0.2) is 18.2 Å². The van der Waals surface area contributed by atoms with E-state index >= 15 is 0 Å². The van der Waals surface area contributed by atoms with Crippen LogP contribution in [-0.4, -0.2) is 49.2 Å². The molecule has 0 spiro atoms. The van der Waals surface area contributed by atoms with Crippen LogP contribution in [0.5, 0.6) is 0 Å². The molecule has 1 aliphatic rings. The number of nitro benzene ring substituents is 1. The van der Waals surface area contributed by atoms with Gasteiger partial charge >= 0.3 is 0 Å². The first-order chi connectivity index (χ1) is 9.54. The van der Waals surface area contributed by atoms with Gasteiger partial charge in [-0.15, -0.1) is 0 Å². The third kappa shape index (κ3) is 4.22. The molecule has 0 aliphatic carbocycles. The zero-order chi connectivity index (χ0) is 14.5. The first-order valence-electron chi connectivity index (χ1n) is 6.49. The number of ether oxygens (including phenoxy) is 1. The molecule has 6 nitrogen and oxygen atoms in total. The van der Waals surface area contributed by atoms with Gasteiger partial charge in [0.25, 0.3) is 5.69 Å². The molecule has 2 rings (SSSR count). The Bertz CT molecular complexity index is 484. The monoisotopic (exact) mass is 283 g/mol. The second-order valence-electron chi connectivity index (χ2n) is 4.96. The Labute approximate surface area is 116 Å². The van der Waals surface area contributed by atoms with Crippen molar-refractivity contribution in [3.05, 3.63) is 39.7 Å². The van der Waals surface area contributed by atoms with Crippen molar-refractivity contribution in [3.63, 3.8) is 0 Å². The maximum absolute atomic E-state index is 13.3. The Hall–Kier alpha value is -1.57. The topological polar surface area (TPSA) is 67.6 Å². The highest BCUT2D eigenvalue weighted by Crippen LogP contribution is 2.16. The largest absolute Gasteiger partial charge is 0.374 e. The van der Waals surface area contributed by atoms with Gasteiger partial charge in [-0.3, -0.25) is 10.1 Å². The van der Waals surface area contributed by atoms with E-state index in [9.17, 15) is 14.5 Å². The lowest BCUT2D eigenvalue weighted by molar-refractivity contribution is -0.385. The molecule has 0 amide bonds. The van der Waals surface area contributed by atoms with Gasteiger partial charge < -0.3 is 15.0 Å². The lowest BCUT2D eigenvalue weighted by Gasteiger charge is -2.30. The number of rotatable bonds is 5. The van der Waals surface area contributed by atoms with Gasteiger partial charge in [0.2, 0.25) is 0 Å². The van der Waals surface area contributed by atoms with Crippen LogP contribution in [0.3, 0.4) is 0 Å². The predicted octanol–water partition coefficient (Wildman–Crippen LogP) is 1.15. The summed E-state index contributed by atoms with van der Waals surface area (Å²) in [5, 5.41) is 13.8. The van der Waals surface area contributed by atoms with Crippen LogP contribution >= 0.6 is 0 Å². The van der Waals surface area contributed by atoms with Crippen molar-refractivity contribution in [2.45, 2.75) is 12.6 Å². The zero-order valence-corrected chi connectivity index (χ0v) is 11.3. The van der Waals surface area contributed by atoms with Crippen molar-refractivity contribution in [3.8, 4) is 0 Å². The number of hydrogen-bond acceptors (Lipinski definition) is 5. The van der Waals surface area contributed by atoms with Crippen LogP contribution < -0.4 is 5.32 Å². The van der Waals surface area contributed by atoms with E-state index in [4.69, 9.17) is 4.74 Å². The number of likely N-dealkylation sites (N-methyl/N-ethyl adjacent to an activating group) is 1. The van der Waals surface area contributed by atoms with Crippen LogP contribution in [0.1, 0.15) is 5.56 Å². The predicted molar refractivity (Wildman–Crippen MR) is 72.0 cm³/mol. The number of halogens is 1. The molecule has 1 saturated heterocycles. The number of nitro groups is 1. The number of nitrogens with zero attached hydrogens (tertiary/aromatic N) is 2. The smallest absolute Gasteiger partial charge is 0.272 e. The molecule has 20 heavy (non-hydrogen) atoms. The highest BCUT2D eigenvalue weighted by atomic mass is 19.1. The maximum Gasteiger partial charge on any atom is 0.272 e. The minimum Gasteiger partial charge on any atom is -0.374 e. The van der Waals surface area contributed by atoms with E-state index < -0.39 is 10.7 Å². The molecule has 1 atom stereocenters. The summed E-state index contributed by atoms with van der Waals surface area (Å²) in [6, 6.07) is 3.60. The Balaban J connectivity index is 1.86. The fourth-order valence-corrected chi connectivity index (χ4v) is 2.21. The number of benzene rings is 1. The molecule has 1 fully saturated rings. The highest BCUT2D eigenvalue weighted by Gasteiger charge is 2.17. The number of non-ortho nitro benzene ring substituents is 1. The minimum absolute atomic E-state index is 0.0947. The second kappa shape index (κ2) is 6.74. The summed E-state index contributed by atoms with van der Waals surface area (Å²) in [6.07, 6.45) is 0.0947. The van der Waals surface area contributed by atoms with Crippen molar-refractivity contribution in [1.29, 1.82) is 0 Å². The molecule has 1 aromatic carbocycles. The van der Waals surface area contributed by atoms with Crippen LogP contribution in [-0.2, 0) is 11.3 Å². The van der Waals surface area contributed by atoms with Gasteiger partial charge in [0.15, 0.2) is 0 Å². The van der Waals surface area contributed by atoms with Crippen molar-refractivity contribution in [2.24, 2.45) is 0 Å². The summed E-state index contributed by atoms with van der Waals surface area (Å²) in [6.45, 7) is 3.48. The zero-order valence-electron chi connectivity index (χ0n) is 11.3. The van der Waals surface area contributed by atoms with Gasteiger partial charge in [-0.2, -0.15) is 0 Å². The van der Waals surface area contributed by atoms with Gasteiger partial charge in [-0.25, -0.2) is 4.39 Å². The SMILES string of the molecule is CN1CCOC(CNCc2cc(F)cc([N+](=O)[O-])c2)C1. The summed E-state index contributed by atoms with van der Waals surface area (Å²) in [5.41, 5.74) is 0.330. The minimum atomic E-state index is -0.593. The van der Waals surface area contributed by atoms with Crippen molar-refractivity contribution in [2.75, 3.05) is 33.3 Å². The quantitative estimate of drug-likeness (QED) is 0.648. The Morgan fingerprint density at radius 3 is 3.05 bits per heavy atom.